The van der Waals surface area contributed by atoms with Crippen LogP contribution < -0.4 is 13.9 Å². The molecule has 0 saturated carbocycles. The molecule has 6 nitrogen and oxygen atoms in total. The van der Waals surface area contributed by atoms with Crippen molar-refractivity contribution in [3.63, 3.8) is 0 Å². The number of carbonyl (C=O) groups is 2. The summed E-state index contributed by atoms with van der Waals surface area (Å²) in [7, 11) is -1.95. The Balaban J connectivity index is 2.53. The van der Waals surface area contributed by atoms with Crippen LogP contribution in [-0.2, 0) is 9.59 Å². The van der Waals surface area contributed by atoms with Crippen LogP contribution in [0.3, 0.4) is 0 Å². The first-order valence-corrected chi connectivity index (χ1v) is 13.0. The van der Waals surface area contributed by atoms with Crippen LogP contribution in [-0.4, -0.2) is 25.4 Å². The van der Waals surface area contributed by atoms with Crippen molar-refractivity contribution >= 4 is 32.4 Å². The van der Waals surface area contributed by atoms with Gasteiger partial charge in [-0.3, -0.25) is 9.59 Å². The molecule has 2 aromatic carbocycles. The predicted octanol–water partition coefficient (Wildman–Crippen LogP) is 5.80. The lowest BCUT2D eigenvalue weighted by Crippen LogP contribution is -2.39. The van der Waals surface area contributed by atoms with E-state index in [1.54, 1.807) is 42.5 Å². The molecule has 0 unspecified atom stereocenters. The largest absolute Gasteiger partial charge is 0.543 e. The summed E-state index contributed by atoms with van der Waals surface area (Å²) in [6.45, 7) is 9.09. The van der Waals surface area contributed by atoms with Crippen molar-refractivity contribution < 1.29 is 28.6 Å². The lowest BCUT2D eigenvalue weighted by atomic mass is 10.1. The fourth-order valence-corrected chi connectivity index (χ4v) is 5.88. The molecule has 166 valence electrons. The average Bonchev–Trinajstić information content (AvgIpc) is 2.72. The topological polar surface area (TPSA) is 82.1 Å². The maximum absolute atomic E-state index is 11.4. The van der Waals surface area contributed by atoms with Gasteiger partial charge in [-0.2, -0.15) is 0 Å². The minimum atomic E-state index is -1.95. The van der Waals surface area contributed by atoms with E-state index in [-0.39, 0.29) is 11.5 Å². The van der Waals surface area contributed by atoms with E-state index in [0.717, 1.165) is 18.1 Å². The van der Waals surface area contributed by atoms with Crippen LogP contribution in [0.1, 0.15) is 45.7 Å². The number of phenols is 1. The van der Waals surface area contributed by atoms with E-state index in [4.69, 9.17) is 13.9 Å². The summed E-state index contributed by atoms with van der Waals surface area (Å²) in [6, 6.07) is 12.9. The number of hydrogen-bond donors (Lipinski definition) is 1. The average molecular weight is 443 g/mol. The molecule has 0 aliphatic rings. The van der Waals surface area contributed by atoms with Gasteiger partial charge in [-0.15, -0.1) is 0 Å². The molecule has 0 heterocycles. The van der Waals surface area contributed by atoms with Crippen molar-refractivity contribution in [2.75, 3.05) is 0 Å². The number of hydrogen-bond acceptors (Lipinski definition) is 6. The highest BCUT2D eigenvalue weighted by Crippen LogP contribution is 2.34. The molecule has 0 amide bonds. The van der Waals surface area contributed by atoms with Gasteiger partial charge in [0.15, 0.2) is 0 Å². The van der Waals surface area contributed by atoms with Crippen LogP contribution in [0.25, 0.3) is 12.2 Å². The van der Waals surface area contributed by atoms with Crippen LogP contribution in [0.2, 0.25) is 18.1 Å². The van der Waals surface area contributed by atoms with Gasteiger partial charge < -0.3 is 19.0 Å². The molecule has 0 saturated heterocycles. The zero-order chi connectivity index (χ0) is 23.0. The number of carbonyl (C=O) groups excluding carboxylic acids is 2. The van der Waals surface area contributed by atoms with Crippen molar-refractivity contribution in [3.8, 4) is 23.0 Å². The fourth-order valence-electron chi connectivity index (χ4n) is 3.30. The van der Waals surface area contributed by atoms with E-state index < -0.39 is 20.3 Å². The SMILES string of the molecule is CC[Si](CC)(CC)Oc1ccc(OC(C)=O)cc1C=Cc1c(O)cccc1OC(C)=O. The summed E-state index contributed by atoms with van der Waals surface area (Å²) in [5.74, 6) is 0.420. The zero-order valence-electron chi connectivity index (χ0n) is 18.7. The molecule has 31 heavy (non-hydrogen) atoms. The van der Waals surface area contributed by atoms with Gasteiger partial charge in [0.05, 0.1) is 5.56 Å². The van der Waals surface area contributed by atoms with Gasteiger partial charge in [0.25, 0.3) is 8.32 Å². The highest BCUT2D eigenvalue weighted by atomic mass is 28.4. The van der Waals surface area contributed by atoms with Crippen molar-refractivity contribution in [1.82, 2.24) is 0 Å². The smallest absolute Gasteiger partial charge is 0.308 e. The summed E-state index contributed by atoms with van der Waals surface area (Å²) >= 11 is 0. The van der Waals surface area contributed by atoms with Crippen molar-refractivity contribution in [3.05, 3.63) is 47.5 Å². The van der Waals surface area contributed by atoms with Crippen LogP contribution in [0.4, 0.5) is 0 Å². The molecule has 0 atom stereocenters. The third-order valence-electron chi connectivity index (χ3n) is 5.23. The third-order valence-corrected chi connectivity index (χ3v) is 9.75. The maximum atomic E-state index is 11.4. The van der Waals surface area contributed by atoms with Gasteiger partial charge in [0, 0.05) is 19.4 Å². The highest BCUT2D eigenvalue weighted by Gasteiger charge is 2.31. The molecular formula is C24H30O6Si. The van der Waals surface area contributed by atoms with E-state index in [0.29, 0.717) is 22.6 Å². The molecule has 2 aromatic rings. The number of ether oxygens (including phenoxy) is 2. The monoisotopic (exact) mass is 442 g/mol. The van der Waals surface area contributed by atoms with Gasteiger partial charge >= 0.3 is 11.9 Å². The molecule has 0 spiro atoms. The molecule has 0 bridgehead atoms. The Bertz CT molecular complexity index is 954. The number of esters is 2. The van der Waals surface area contributed by atoms with Crippen LogP contribution in [0.5, 0.6) is 23.0 Å². The molecule has 0 aromatic heterocycles. The number of aromatic hydroxyl groups is 1. The van der Waals surface area contributed by atoms with Crippen LogP contribution in [0, 0.1) is 0 Å². The second-order valence-electron chi connectivity index (χ2n) is 7.25. The first-order chi connectivity index (χ1) is 14.7. The Morgan fingerprint density at radius 3 is 2.13 bits per heavy atom. The second-order valence-corrected chi connectivity index (χ2v) is 11.9. The highest BCUT2D eigenvalue weighted by molar-refractivity contribution is 6.74. The first-order valence-electron chi connectivity index (χ1n) is 10.4. The third kappa shape index (κ3) is 6.46. The molecule has 2 rings (SSSR count). The van der Waals surface area contributed by atoms with E-state index >= 15 is 0 Å². The van der Waals surface area contributed by atoms with Gasteiger partial charge in [-0.1, -0.05) is 32.9 Å². The van der Waals surface area contributed by atoms with E-state index in [1.807, 2.05) is 0 Å². The first kappa shape index (κ1) is 24.2. The number of rotatable bonds is 9. The summed E-state index contributed by atoms with van der Waals surface area (Å²) < 4.78 is 17.0. The predicted molar refractivity (Wildman–Crippen MR) is 124 cm³/mol. The minimum Gasteiger partial charge on any atom is -0.543 e. The van der Waals surface area contributed by atoms with E-state index in [9.17, 15) is 14.7 Å². The summed E-state index contributed by atoms with van der Waals surface area (Å²) in [5, 5.41) is 10.3. The van der Waals surface area contributed by atoms with Crippen LogP contribution >= 0.6 is 0 Å². The molecule has 0 radical (unpaired) electrons. The maximum Gasteiger partial charge on any atom is 0.308 e. The minimum absolute atomic E-state index is 0.0204. The Hall–Kier alpha value is -3.06. The van der Waals surface area contributed by atoms with Gasteiger partial charge in [-0.25, -0.2) is 0 Å². The number of benzene rings is 2. The molecule has 1 N–H and O–H groups in total. The van der Waals surface area contributed by atoms with Gasteiger partial charge in [0.2, 0.25) is 0 Å². The molecule has 0 aliphatic heterocycles. The summed E-state index contributed by atoms with van der Waals surface area (Å²) in [6.07, 6.45) is 3.41. The van der Waals surface area contributed by atoms with Crippen molar-refractivity contribution in [1.29, 1.82) is 0 Å². The summed E-state index contributed by atoms with van der Waals surface area (Å²) in [5.41, 5.74) is 1.06. The quantitative estimate of drug-likeness (QED) is 0.229. The second kappa shape index (κ2) is 10.8. The standard InChI is InChI=1S/C24H30O6Si/c1-6-31(7-2,8-3)30-23-15-13-20(28-17(4)25)16-19(23)12-14-21-22(27)10-9-11-24(21)29-18(5)26/h9-16,27H,6-8H2,1-5H3. The lowest BCUT2D eigenvalue weighted by Gasteiger charge is -2.30. The Kier molecular flexibility index (Phi) is 8.44. The molecular weight excluding hydrogens is 412 g/mol. The van der Waals surface area contributed by atoms with Crippen LogP contribution in [0.15, 0.2) is 36.4 Å². The zero-order valence-corrected chi connectivity index (χ0v) is 19.7. The van der Waals surface area contributed by atoms with Crippen molar-refractivity contribution in [2.45, 2.75) is 52.8 Å². The Morgan fingerprint density at radius 1 is 0.903 bits per heavy atom. The lowest BCUT2D eigenvalue weighted by molar-refractivity contribution is -0.132. The summed E-state index contributed by atoms with van der Waals surface area (Å²) in [4.78, 5) is 22.8. The normalized spacial score (nSPS) is 11.4. The van der Waals surface area contributed by atoms with E-state index in [2.05, 4.69) is 20.8 Å². The Morgan fingerprint density at radius 2 is 1.55 bits per heavy atom. The molecule has 0 aliphatic carbocycles. The Labute approximate surface area is 184 Å². The van der Waals surface area contributed by atoms with Gasteiger partial charge in [-0.05, 0) is 54.5 Å². The van der Waals surface area contributed by atoms with E-state index in [1.165, 1.54) is 19.9 Å². The number of phenolic OH excluding ortho intramolecular Hbond substituents is 1. The van der Waals surface area contributed by atoms with Gasteiger partial charge in [0.1, 0.15) is 23.0 Å². The van der Waals surface area contributed by atoms with Crippen molar-refractivity contribution in [2.24, 2.45) is 0 Å². The molecule has 0 fully saturated rings. The molecule has 7 heteroatoms. The fraction of sp³-hybridized carbons (Fsp3) is 0.333.